The number of carbonyl (C=O) groups excluding carboxylic acids is 1. The lowest BCUT2D eigenvalue weighted by Crippen LogP contribution is -2.30. The topological polar surface area (TPSA) is 77.8 Å². The summed E-state index contributed by atoms with van der Waals surface area (Å²) in [6.45, 7) is 3.81. The normalized spacial score (nSPS) is 10.0. The molecule has 1 aromatic carbocycles. The van der Waals surface area contributed by atoms with Gasteiger partial charge in [-0.3, -0.25) is 9.78 Å². The molecule has 2 aromatic rings. The Balaban J connectivity index is 2.13. The molecule has 0 aliphatic heterocycles. The zero-order valence-electron chi connectivity index (χ0n) is 11.9. The second-order valence-corrected chi connectivity index (χ2v) is 4.90. The fraction of sp³-hybridized carbons (Fsp3) is 0.188. The molecule has 5 heteroatoms. The van der Waals surface area contributed by atoms with Crippen LogP contribution < -0.4 is 10.6 Å². The van der Waals surface area contributed by atoms with E-state index in [-0.39, 0.29) is 11.9 Å². The molecule has 0 spiro atoms. The molecule has 1 aromatic heterocycles. The summed E-state index contributed by atoms with van der Waals surface area (Å²) in [4.78, 5) is 16.0. The van der Waals surface area contributed by atoms with Gasteiger partial charge in [-0.05, 0) is 44.2 Å². The Labute approximate surface area is 123 Å². The van der Waals surface area contributed by atoms with Gasteiger partial charge >= 0.3 is 0 Å². The molecule has 0 unspecified atom stereocenters. The van der Waals surface area contributed by atoms with Gasteiger partial charge in [-0.25, -0.2) is 0 Å². The molecule has 2 N–H and O–H groups in total. The summed E-state index contributed by atoms with van der Waals surface area (Å²) in [6, 6.07) is 10.9. The van der Waals surface area contributed by atoms with Crippen LogP contribution in [0.3, 0.4) is 0 Å². The van der Waals surface area contributed by atoms with Gasteiger partial charge in [0.2, 0.25) is 0 Å². The number of nitriles is 1. The fourth-order valence-corrected chi connectivity index (χ4v) is 1.77. The highest BCUT2D eigenvalue weighted by Crippen LogP contribution is 2.17. The Morgan fingerprint density at radius 2 is 1.90 bits per heavy atom. The zero-order valence-corrected chi connectivity index (χ0v) is 11.9. The van der Waals surface area contributed by atoms with Crippen molar-refractivity contribution in [1.82, 2.24) is 10.3 Å². The first-order valence-electron chi connectivity index (χ1n) is 6.61. The molecule has 0 fully saturated rings. The van der Waals surface area contributed by atoms with Crippen LogP contribution >= 0.6 is 0 Å². The first-order valence-corrected chi connectivity index (χ1v) is 6.61. The molecule has 0 saturated carbocycles. The number of nitrogens with zero attached hydrogens (tertiary/aromatic N) is 2. The maximum Gasteiger partial charge on any atom is 0.253 e. The molecule has 0 bridgehead atoms. The molecule has 1 heterocycles. The summed E-state index contributed by atoms with van der Waals surface area (Å²) in [5.41, 5.74) is 2.65. The molecular formula is C16H16N4O. The Bertz CT molecular complexity index is 671. The molecule has 1 amide bonds. The summed E-state index contributed by atoms with van der Waals surface area (Å²) >= 11 is 0. The number of hydrogen-bond donors (Lipinski definition) is 2. The van der Waals surface area contributed by atoms with Gasteiger partial charge in [0.05, 0.1) is 29.1 Å². The quantitative estimate of drug-likeness (QED) is 0.902. The maximum atomic E-state index is 11.9. The van der Waals surface area contributed by atoms with Gasteiger partial charge < -0.3 is 10.6 Å². The van der Waals surface area contributed by atoms with Gasteiger partial charge in [-0.1, -0.05) is 0 Å². The van der Waals surface area contributed by atoms with Crippen molar-refractivity contribution in [1.29, 1.82) is 5.26 Å². The molecular weight excluding hydrogens is 264 g/mol. The zero-order chi connectivity index (χ0) is 15.2. The first-order chi connectivity index (χ1) is 10.1. The Morgan fingerprint density at radius 1 is 1.19 bits per heavy atom. The predicted molar refractivity (Wildman–Crippen MR) is 81.3 cm³/mol. The average molecular weight is 280 g/mol. The molecule has 5 nitrogen and oxygen atoms in total. The second kappa shape index (κ2) is 6.53. The van der Waals surface area contributed by atoms with Crippen molar-refractivity contribution < 1.29 is 4.79 Å². The SMILES string of the molecule is CC(C)NC(=O)c1cncc(Nc2ccc(C#N)cc2)c1. The maximum absolute atomic E-state index is 11.9. The van der Waals surface area contributed by atoms with Crippen LogP contribution in [0.4, 0.5) is 11.4 Å². The van der Waals surface area contributed by atoms with E-state index in [2.05, 4.69) is 21.7 Å². The molecule has 2 rings (SSSR count). The first kappa shape index (κ1) is 14.5. The highest BCUT2D eigenvalue weighted by atomic mass is 16.1. The van der Waals surface area contributed by atoms with Crippen LogP contribution in [0.2, 0.25) is 0 Å². The number of nitrogens with one attached hydrogen (secondary N) is 2. The summed E-state index contributed by atoms with van der Waals surface area (Å²) in [6.07, 6.45) is 3.17. The lowest BCUT2D eigenvalue weighted by Gasteiger charge is -2.10. The van der Waals surface area contributed by atoms with Gasteiger partial charge in [0.1, 0.15) is 0 Å². The number of anilines is 2. The molecule has 0 saturated heterocycles. The van der Waals surface area contributed by atoms with Gasteiger partial charge in [-0.2, -0.15) is 5.26 Å². The van der Waals surface area contributed by atoms with E-state index < -0.39 is 0 Å². The molecule has 0 aliphatic rings. The largest absolute Gasteiger partial charge is 0.354 e. The van der Waals surface area contributed by atoms with Crippen LogP contribution in [-0.2, 0) is 0 Å². The summed E-state index contributed by atoms with van der Waals surface area (Å²) in [5, 5.41) is 14.7. The van der Waals surface area contributed by atoms with Crippen LogP contribution in [0.15, 0.2) is 42.7 Å². The van der Waals surface area contributed by atoms with E-state index in [9.17, 15) is 4.79 Å². The third-order valence-corrected chi connectivity index (χ3v) is 2.72. The molecule has 0 atom stereocenters. The highest BCUT2D eigenvalue weighted by Gasteiger charge is 2.08. The van der Waals surface area contributed by atoms with E-state index in [0.717, 1.165) is 11.4 Å². The van der Waals surface area contributed by atoms with E-state index in [0.29, 0.717) is 11.1 Å². The summed E-state index contributed by atoms with van der Waals surface area (Å²) in [5.74, 6) is -0.152. The lowest BCUT2D eigenvalue weighted by molar-refractivity contribution is 0.0943. The van der Waals surface area contributed by atoms with E-state index in [1.54, 1.807) is 36.5 Å². The van der Waals surface area contributed by atoms with Crippen molar-refractivity contribution in [2.45, 2.75) is 19.9 Å². The molecule has 0 radical (unpaired) electrons. The van der Waals surface area contributed by atoms with Crippen LogP contribution in [0.1, 0.15) is 29.8 Å². The van der Waals surface area contributed by atoms with Crippen LogP contribution in [-0.4, -0.2) is 16.9 Å². The van der Waals surface area contributed by atoms with E-state index in [4.69, 9.17) is 5.26 Å². The minimum atomic E-state index is -0.152. The average Bonchev–Trinajstić information content (AvgIpc) is 2.47. The van der Waals surface area contributed by atoms with Gasteiger partial charge in [0, 0.05) is 17.9 Å². The Kier molecular flexibility index (Phi) is 4.52. The standard InChI is InChI=1S/C16H16N4O/c1-11(2)19-16(21)13-7-15(10-18-9-13)20-14-5-3-12(8-17)4-6-14/h3-7,9-11,20H,1-2H3,(H,19,21). The lowest BCUT2D eigenvalue weighted by atomic mass is 10.2. The third-order valence-electron chi connectivity index (χ3n) is 2.72. The highest BCUT2D eigenvalue weighted by molar-refractivity contribution is 5.95. The van der Waals surface area contributed by atoms with Crippen molar-refractivity contribution in [2.75, 3.05) is 5.32 Å². The Hall–Kier alpha value is -2.87. The number of amides is 1. The van der Waals surface area contributed by atoms with Gasteiger partial charge in [0.25, 0.3) is 5.91 Å². The fourth-order valence-electron chi connectivity index (χ4n) is 1.77. The predicted octanol–water partition coefficient (Wildman–Crippen LogP) is 2.84. The van der Waals surface area contributed by atoms with Crippen molar-refractivity contribution in [3.63, 3.8) is 0 Å². The number of rotatable bonds is 4. The van der Waals surface area contributed by atoms with Gasteiger partial charge in [-0.15, -0.1) is 0 Å². The van der Waals surface area contributed by atoms with Crippen molar-refractivity contribution >= 4 is 17.3 Å². The smallest absolute Gasteiger partial charge is 0.253 e. The minimum absolute atomic E-state index is 0.0765. The number of benzene rings is 1. The van der Waals surface area contributed by atoms with Crippen molar-refractivity contribution in [3.8, 4) is 6.07 Å². The number of pyridine rings is 1. The second-order valence-electron chi connectivity index (χ2n) is 4.90. The molecule has 106 valence electrons. The van der Waals surface area contributed by atoms with Gasteiger partial charge in [0.15, 0.2) is 0 Å². The summed E-state index contributed by atoms with van der Waals surface area (Å²) in [7, 11) is 0. The van der Waals surface area contributed by atoms with Crippen molar-refractivity contribution in [3.05, 3.63) is 53.9 Å². The van der Waals surface area contributed by atoms with Crippen molar-refractivity contribution in [2.24, 2.45) is 0 Å². The number of hydrogen-bond acceptors (Lipinski definition) is 4. The third kappa shape index (κ3) is 4.05. The van der Waals surface area contributed by atoms with E-state index in [1.165, 1.54) is 6.20 Å². The minimum Gasteiger partial charge on any atom is -0.354 e. The summed E-state index contributed by atoms with van der Waals surface area (Å²) < 4.78 is 0. The monoisotopic (exact) mass is 280 g/mol. The van der Waals surface area contributed by atoms with Crippen LogP contribution in [0, 0.1) is 11.3 Å². The number of carbonyl (C=O) groups is 1. The molecule has 0 aliphatic carbocycles. The molecule has 21 heavy (non-hydrogen) atoms. The van der Waals surface area contributed by atoms with E-state index >= 15 is 0 Å². The Morgan fingerprint density at radius 3 is 2.52 bits per heavy atom. The van der Waals surface area contributed by atoms with Crippen LogP contribution in [0.25, 0.3) is 0 Å². The van der Waals surface area contributed by atoms with Crippen LogP contribution in [0.5, 0.6) is 0 Å². The van der Waals surface area contributed by atoms with E-state index in [1.807, 2.05) is 13.8 Å². The number of aromatic nitrogens is 1.